The summed E-state index contributed by atoms with van der Waals surface area (Å²) in [6.45, 7) is -0.491. The molecule has 0 bridgehead atoms. The molecule has 1 N–H and O–H groups in total. The van der Waals surface area contributed by atoms with E-state index in [1.54, 1.807) is 60.7 Å². The van der Waals surface area contributed by atoms with Gasteiger partial charge in [-0.05, 0) is 48.5 Å². The molecule has 0 saturated heterocycles. The predicted molar refractivity (Wildman–Crippen MR) is 126 cm³/mol. The Morgan fingerprint density at radius 1 is 1.06 bits per heavy atom. The van der Waals surface area contributed by atoms with Crippen LogP contribution in [0.5, 0.6) is 5.75 Å². The van der Waals surface area contributed by atoms with E-state index < -0.39 is 22.5 Å². The maximum atomic E-state index is 13.2. The first-order valence-electron chi connectivity index (χ1n) is 9.30. The SMILES string of the molecule is COc1ccc(N(CC(=O)N/N=C\c2ccc(Cl)cc2Cl)S(=O)(=O)c2ccccc2)cc1. The summed E-state index contributed by atoms with van der Waals surface area (Å²) in [6.07, 6.45) is 1.35. The molecule has 166 valence electrons. The highest BCUT2D eigenvalue weighted by molar-refractivity contribution is 7.92. The van der Waals surface area contributed by atoms with Crippen LogP contribution >= 0.6 is 23.2 Å². The second kappa shape index (κ2) is 10.5. The molecule has 0 aromatic heterocycles. The van der Waals surface area contributed by atoms with Gasteiger partial charge in [-0.15, -0.1) is 0 Å². The van der Waals surface area contributed by atoms with Crippen molar-refractivity contribution in [2.75, 3.05) is 18.0 Å². The van der Waals surface area contributed by atoms with E-state index in [0.717, 1.165) is 4.31 Å². The molecule has 3 rings (SSSR count). The number of sulfonamides is 1. The van der Waals surface area contributed by atoms with Crippen molar-refractivity contribution >= 4 is 51.0 Å². The van der Waals surface area contributed by atoms with Crippen LogP contribution in [0.4, 0.5) is 5.69 Å². The normalized spacial score (nSPS) is 11.3. The van der Waals surface area contributed by atoms with Gasteiger partial charge < -0.3 is 4.74 Å². The minimum Gasteiger partial charge on any atom is -0.497 e. The molecule has 7 nitrogen and oxygen atoms in total. The topological polar surface area (TPSA) is 88.1 Å². The number of hydrogen-bond acceptors (Lipinski definition) is 5. The number of benzene rings is 3. The smallest absolute Gasteiger partial charge is 0.264 e. The number of halogens is 2. The van der Waals surface area contributed by atoms with Crippen molar-refractivity contribution in [3.05, 3.63) is 88.4 Å². The average Bonchev–Trinajstić information content (AvgIpc) is 2.79. The van der Waals surface area contributed by atoms with Crippen molar-refractivity contribution in [1.82, 2.24) is 5.43 Å². The number of ether oxygens (including phenoxy) is 1. The Morgan fingerprint density at radius 2 is 1.75 bits per heavy atom. The molecular formula is C22H19Cl2N3O4S. The molecule has 0 aliphatic rings. The lowest BCUT2D eigenvalue weighted by Gasteiger charge is -2.23. The minimum atomic E-state index is -4.01. The van der Waals surface area contributed by atoms with Gasteiger partial charge in [-0.2, -0.15) is 5.10 Å². The molecule has 0 atom stereocenters. The summed E-state index contributed by atoms with van der Waals surface area (Å²) in [5.74, 6) is -0.0821. The van der Waals surface area contributed by atoms with Crippen molar-refractivity contribution in [2.45, 2.75) is 4.90 Å². The lowest BCUT2D eigenvalue weighted by atomic mass is 10.2. The van der Waals surface area contributed by atoms with Gasteiger partial charge in [0.05, 0.1) is 28.9 Å². The Kier molecular flexibility index (Phi) is 7.74. The fourth-order valence-electron chi connectivity index (χ4n) is 2.73. The molecule has 10 heteroatoms. The molecule has 0 aliphatic carbocycles. The maximum Gasteiger partial charge on any atom is 0.264 e. The van der Waals surface area contributed by atoms with Gasteiger partial charge in [-0.25, -0.2) is 13.8 Å². The van der Waals surface area contributed by atoms with E-state index in [9.17, 15) is 13.2 Å². The quantitative estimate of drug-likeness (QED) is 0.374. The molecule has 0 heterocycles. The summed E-state index contributed by atoms with van der Waals surface area (Å²) in [5, 5.41) is 4.70. The number of anilines is 1. The van der Waals surface area contributed by atoms with Crippen LogP contribution in [0.2, 0.25) is 10.0 Å². The lowest BCUT2D eigenvalue weighted by molar-refractivity contribution is -0.119. The molecule has 0 aliphatic heterocycles. The van der Waals surface area contributed by atoms with Crippen molar-refractivity contribution in [3.8, 4) is 5.75 Å². The molecule has 1 amide bonds. The number of hydrogen-bond donors (Lipinski definition) is 1. The van der Waals surface area contributed by atoms with Gasteiger partial charge in [-0.3, -0.25) is 9.10 Å². The number of hydrazone groups is 1. The highest BCUT2D eigenvalue weighted by Crippen LogP contribution is 2.25. The summed E-state index contributed by atoms with van der Waals surface area (Å²) in [5.41, 5.74) is 3.17. The van der Waals surface area contributed by atoms with Crippen LogP contribution in [0.15, 0.2) is 82.8 Å². The first-order chi connectivity index (χ1) is 15.3. The minimum absolute atomic E-state index is 0.0556. The van der Waals surface area contributed by atoms with Gasteiger partial charge in [0.2, 0.25) is 0 Å². The van der Waals surface area contributed by atoms with Crippen LogP contribution in [-0.4, -0.2) is 34.2 Å². The van der Waals surface area contributed by atoms with Crippen LogP contribution in [0.3, 0.4) is 0 Å². The molecule has 0 radical (unpaired) electrons. The van der Waals surface area contributed by atoms with Crippen LogP contribution < -0.4 is 14.5 Å². The largest absolute Gasteiger partial charge is 0.497 e. The van der Waals surface area contributed by atoms with Crippen molar-refractivity contribution < 1.29 is 17.9 Å². The number of amides is 1. The van der Waals surface area contributed by atoms with Gasteiger partial charge in [0.1, 0.15) is 12.3 Å². The Bertz CT molecular complexity index is 1220. The zero-order valence-corrected chi connectivity index (χ0v) is 19.2. The predicted octanol–water partition coefficient (Wildman–Crippen LogP) is 4.35. The van der Waals surface area contributed by atoms with Crippen LogP contribution in [0, 0.1) is 0 Å². The third-order valence-electron chi connectivity index (χ3n) is 4.33. The Hall–Kier alpha value is -3.07. The zero-order chi connectivity index (χ0) is 23.1. The van der Waals surface area contributed by atoms with Gasteiger partial charge in [0, 0.05) is 10.6 Å². The highest BCUT2D eigenvalue weighted by atomic mass is 35.5. The molecule has 3 aromatic rings. The third kappa shape index (κ3) is 5.79. The van der Waals surface area contributed by atoms with E-state index in [-0.39, 0.29) is 4.90 Å². The Balaban J connectivity index is 1.83. The second-order valence-electron chi connectivity index (χ2n) is 6.48. The van der Waals surface area contributed by atoms with E-state index in [2.05, 4.69) is 10.5 Å². The number of nitrogens with one attached hydrogen (secondary N) is 1. The Labute approximate surface area is 196 Å². The maximum absolute atomic E-state index is 13.2. The molecule has 0 spiro atoms. The van der Waals surface area contributed by atoms with Gasteiger partial charge in [-0.1, -0.05) is 47.5 Å². The summed E-state index contributed by atoms with van der Waals surface area (Å²) in [4.78, 5) is 12.6. The van der Waals surface area contributed by atoms with Crippen LogP contribution in [0.25, 0.3) is 0 Å². The molecular weight excluding hydrogens is 473 g/mol. The second-order valence-corrected chi connectivity index (χ2v) is 9.19. The van der Waals surface area contributed by atoms with E-state index in [4.69, 9.17) is 27.9 Å². The van der Waals surface area contributed by atoms with Crippen molar-refractivity contribution in [1.29, 1.82) is 0 Å². The number of carbonyl (C=O) groups is 1. The van der Waals surface area contributed by atoms with Crippen molar-refractivity contribution in [2.24, 2.45) is 5.10 Å². The standard InChI is InChI=1S/C22H19Cl2N3O4S/c1-31-19-11-9-18(10-12-19)27(32(29,30)20-5-3-2-4-6-20)15-22(28)26-25-14-16-7-8-17(23)13-21(16)24/h2-14H,15H2,1H3,(H,26,28)/b25-14-. The average molecular weight is 492 g/mol. The van der Waals surface area contributed by atoms with E-state index in [0.29, 0.717) is 27.0 Å². The zero-order valence-electron chi connectivity index (χ0n) is 16.9. The monoisotopic (exact) mass is 491 g/mol. The van der Waals surface area contributed by atoms with Crippen LogP contribution in [-0.2, 0) is 14.8 Å². The van der Waals surface area contributed by atoms with Crippen molar-refractivity contribution in [3.63, 3.8) is 0 Å². The molecule has 3 aromatic carbocycles. The first kappa shape index (κ1) is 23.6. The number of carbonyl (C=O) groups excluding carboxylic acids is 1. The molecule has 32 heavy (non-hydrogen) atoms. The number of nitrogens with zero attached hydrogens (tertiary/aromatic N) is 2. The number of methoxy groups -OCH3 is 1. The first-order valence-corrected chi connectivity index (χ1v) is 11.5. The molecule has 0 saturated carbocycles. The fourth-order valence-corrected chi connectivity index (χ4v) is 4.63. The fraction of sp³-hybridized carbons (Fsp3) is 0.0909. The van der Waals surface area contributed by atoms with E-state index in [1.165, 1.54) is 25.5 Å². The third-order valence-corrected chi connectivity index (χ3v) is 6.68. The van der Waals surface area contributed by atoms with Gasteiger partial charge >= 0.3 is 0 Å². The summed E-state index contributed by atoms with van der Waals surface area (Å²) in [6, 6.07) is 19.0. The summed E-state index contributed by atoms with van der Waals surface area (Å²) >= 11 is 11.9. The number of rotatable bonds is 8. The highest BCUT2D eigenvalue weighted by Gasteiger charge is 2.27. The molecule has 0 fully saturated rings. The van der Waals surface area contributed by atoms with Crippen LogP contribution in [0.1, 0.15) is 5.56 Å². The van der Waals surface area contributed by atoms with Gasteiger partial charge in [0.25, 0.3) is 15.9 Å². The van der Waals surface area contributed by atoms with E-state index >= 15 is 0 Å². The van der Waals surface area contributed by atoms with E-state index in [1.807, 2.05) is 0 Å². The summed E-state index contributed by atoms with van der Waals surface area (Å²) < 4.78 is 32.6. The summed E-state index contributed by atoms with van der Waals surface area (Å²) in [7, 11) is -2.51. The molecule has 0 unspecified atom stereocenters. The van der Waals surface area contributed by atoms with Gasteiger partial charge in [0.15, 0.2) is 0 Å². The lowest BCUT2D eigenvalue weighted by Crippen LogP contribution is -2.39. The Morgan fingerprint density at radius 3 is 2.38 bits per heavy atom.